The van der Waals surface area contributed by atoms with Crippen molar-refractivity contribution in [3.8, 4) is 5.88 Å². The van der Waals surface area contributed by atoms with Crippen molar-refractivity contribution >= 4 is 16.1 Å². The number of nitrogens with one attached hydrogen (secondary N) is 1. The largest absolute Gasteiger partial charge is 0.534 e. The van der Waals surface area contributed by atoms with Crippen molar-refractivity contribution in [3.05, 3.63) is 21.7 Å². The minimum absolute atomic E-state index is 0.0347. The van der Waals surface area contributed by atoms with E-state index in [1.165, 1.54) is 13.8 Å². The number of rotatable bonds is 5. The van der Waals surface area contributed by atoms with Gasteiger partial charge in [0.1, 0.15) is 5.82 Å². The number of aromatic amines is 1. The van der Waals surface area contributed by atoms with Gasteiger partial charge in [0.2, 0.25) is 5.88 Å². The normalized spacial score (nSPS) is 12.0. The van der Waals surface area contributed by atoms with Crippen molar-refractivity contribution < 1.29 is 35.3 Å². The van der Waals surface area contributed by atoms with E-state index in [-0.39, 0.29) is 12.4 Å². The maximum absolute atomic E-state index is 12.3. The zero-order valence-corrected chi connectivity index (χ0v) is 12.2. The Balaban J connectivity index is 3.30. The Labute approximate surface area is 122 Å². The van der Waals surface area contributed by atoms with Crippen LogP contribution in [-0.4, -0.2) is 36.5 Å². The topological polar surface area (TPSA) is 115 Å². The Morgan fingerprint density at radius 1 is 1.36 bits per heavy atom. The lowest BCUT2D eigenvalue weighted by Crippen LogP contribution is -2.30. The molecule has 0 aliphatic rings. The van der Waals surface area contributed by atoms with Crippen LogP contribution in [0.4, 0.5) is 13.2 Å². The molecule has 1 rings (SSSR count). The van der Waals surface area contributed by atoms with Gasteiger partial charge in [-0.3, -0.25) is 9.59 Å². The molecule has 0 aromatic carbocycles. The van der Waals surface area contributed by atoms with Crippen LogP contribution in [-0.2, 0) is 26.1 Å². The second-order valence-electron chi connectivity index (χ2n) is 3.90. The molecular formula is C10H11F3N2O6S. The van der Waals surface area contributed by atoms with Gasteiger partial charge in [-0.05, 0) is 13.8 Å². The molecule has 1 N–H and O–H groups in total. The highest BCUT2D eigenvalue weighted by atomic mass is 32.2. The van der Waals surface area contributed by atoms with E-state index < -0.39 is 45.0 Å². The van der Waals surface area contributed by atoms with Gasteiger partial charge in [-0.1, -0.05) is 0 Å². The molecule has 0 aliphatic carbocycles. The Morgan fingerprint density at radius 2 is 1.95 bits per heavy atom. The van der Waals surface area contributed by atoms with Crippen molar-refractivity contribution in [3.63, 3.8) is 0 Å². The molecule has 12 heteroatoms. The predicted octanol–water partition coefficient (Wildman–Crippen LogP) is 0.412. The summed E-state index contributed by atoms with van der Waals surface area (Å²) in [6.07, 6.45) is -0.792. The third kappa shape index (κ3) is 4.19. The van der Waals surface area contributed by atoms with Gasteiger partial charge in [-0.15, -0.1) is 0 Å². The molecule has 1 aromatic heterocycles. The molecule has 0 atom stereocenters. The van der Waals surface area contributed by atoms with Gasteiger partial charge in [0.25, 0.3) is 5.56 Å². The van der Waals surface area contributed by atoms with Gasteiger partial charge in [0.05, 0.1) is 18.6 Å². The van der Waals surface area contributed by atoms with Crippen molar-refractivity contribution in [1.82, 2.24) is 9.97 Å². The summed E-state index contributed by atoms with van der Waals surface area (Å²) >= 11 is 0. The summed E-state index contributed by atoms with van der Waals surface area (Å²) in [6, 6.07) is 0. The van der Waals surface area contributed by atoms with E-state index in [9.17, 15) is 31.2 Å². The van der Waals surface area contributed by atoms with Gasteiger partial charge in [0, 0.05) is 0 Å². The molecule has 0 bridgehead atoms. The van der Waals surface area contributed by atoms with Crippen LogP contribution < -0.4 is 9.74 Å². The Morgan fingerprint density at radius 3 is 2.45 bits per heavy atom. The zero-order chi connectivity index (χ0) is 17.1. The fraction of sp³-hybridized carbons (Fsp3) is 0.500. The maximum atomic E-state index is 12.3. The van der Waals surface area contributed by atoms with Crippen LogP contribution in [0, 0.1) is 6.92 Å². The van der Waals surface area contributed by atoms with Gasteiger partial charge >= 0.3 is 21.6 Å². The minimum atomic E-state index is -6.02. The lowest BCUT2D eigenvalue weighted by molar-refractivity contribution is -0.142. The van der Waals surface area contributed by atoms with Crippen LogP contribution in [0.25, 0.3) is 0 Å². The minimum Gasteiger partial charge on any atom is -0.466 e. The second kappa shape index (κ2) is 6.34. The molecule has 0 saturated carbocycles. The third-order valence-corrected chi connectivity index (χ3v) is 3.14. The molecule has 0 radical (unpaired) electrons. The summed E-state index contributed by atoms with van der Waals surface area (Å²) in [6.45, 7) is 2.64. The van der Waals surface area contributed by atoms with E-state index in [0.29, 0.717) is 0 Å². The van der Waals surface area contributed by atoms with Crippen LogP contribution in [0.3, 0.4) is 0 Å². The average molecular weight is 344 g/mol. The van der Waals surface area contributed by atoms with Crippen molar-refractivity contribution in [2.75, 3.05) is 6.61 Å². The number of carbonyl (C=O) groups is 1. The van der Waals surface area contributed by atoms with Crippen LogP contribution in [0.15, 0.2) is 4.79 Å². The molecular weight excluding hydrogens is 333 g/mol. The number of hydrogen-bond acceptors (Lipinski definition) is 7. The van der Waals surface area contributed by atoms with Crippen LogP contribution >= 0.6 is 0 Å². The SMILES string of the molecule is CCOC(=O)Cc1c(OS(=O)(=O)C(F)(F)F)nc(C)[nH]c1=O. The number of ether oxygens (including phenoxy) is 1. The van der Waals surface area contributed by atoms with Crippen molar-refractivity contribution in [2.24, 2.45) is 0 Å². The van der Waals surface area contributed by atoms with E-state index in [1.807, 2.05) is 0 Å². The first kappa shape index (κ1) is 17.9. The zero-order valence-electron chi connectivity index (χ0n) is 11.4. The number of H-pyrrole nitrogens is 1. The summed E-state index contributed by atoms with van der Waals surface area (Å²) in [5, 5.41) is 0. The number of carbonyl (C=O) groups excluding carboxylic acids is 1. The highest BCUT2D eigenvalue weighted by Crippen LogP contribution is 2.27. The summed E-state index contributed by atoms with van der Waals surface area (Å²) in [5.74, 6) is -2.26. The van der Waals surface area contributed by atoms with Crippen LogP contribution in [0.5, 0.6) is 5.88 Å². The summed E-state index contributed by atoms with van der Waals surface area (Å²) in [5.41, 5.74) is -7.39. The number of hydrogen-bond donors (Lipinski definition) is 1. The number of aromatic nitrogens is 2. The first-order valence-electron chi connectivity index (χ1n) is 5.74. The molecule has 0 spiro atoms. The number of aryl methyl sites for hydroxylation is 1. The van der Waals surface area contributed by atoms with Gasteiger partial charge in [-0.25, -0.2) is 0 Å². The predicted molar refractivity (Wildman–Crippen MR) is 65.5 cm³/mol. The number of halogens is 3. The molecule has 8 nitrogen and oxygen atoms in total. The molecule has 22 heavy (non-hydrogen) atoms. The Hall–Kier alpha value is -2.11. The van der Waals surface area contributed by atoms with Crippen LogP contribution in [0.1, 0.15) is 18.3 Å². The monoisotopic (exact) mass is 344 g/mol. The summed E-state index contributed by atoms with van der Waals surface area (Å²) in [7, 11) is -6.02. The van der Waals surface area contributed by atoms with Crippen molar-refractivity contribution in [2.45, 2.75) is 25.8 Å². The first-order chi connectivity index (χ1) is 9.98. The molecule has 1 heterocycles. The Kier molecular flexibility index (Phi) is 5.17. The molecule has 124 valence electrons. The van der Waals surface area contributed by atoms with Gasteiger partial charge in [-0.2, -0.15) is 26.6 Å². The standard InChI is InChI=1S/C10H11F3N2O6S/c1-3-20-7(16)4-6-8(17)14-5(2)15-9(6)21-22(18,19)10(11,12)13/h3-4H2,1-2H3,(H,14,15,17). The third-order valence-electron chi connectivity index (χ3n) is 2.19. The first-order valence-corrected chi connectivity index (χ1v) is 7.15. The fourth-order valence-electron chi connectivity index (χ4n) is 1.32. The summed E-state index contributed by atoms with van der Waals surface area (Å²) < 4.78 is 67.3. The molecule has 0 unspecified atom stereocenters. The van der Waals surface area contributed by atoms with E-state index in [0.717, 1.165) is 0 Å². The highest BCUT2D eigenvalue weighted by Gasteiger charge is 2.49. The molecule has 0 saturated heterocycles. The summed E-state index contributed by atoms with van der Waals surface area (Å²) in [4.78, 5) is 28.5. The van der Waals surface area contributed by atoms with Gasteiger partial charge < -0.3 is 13.9 Å². The van der Waals surface area contributed by atoms with E-state index >= 15 is 0 Å². The average Bonchev–Trinajstić information content (AvgIpc) is 2.32. The van der Waals surface area contributed by atoms with Gasteiger partial charge in [0.15, 0.2) is 0 Å². The van der Waals surface area contributed by atoms with E-state index in [1.54, 1.807) is 0 Å². The van der Waals surface area contributed by atoms with E-state index in [2.05, 4.69) is 18.9 Å². The molecule has 0 fully saturated rings. The quantitative estimate of drug-likeness (QED) is 0.467. The lowest BCUT2D eigenvalue weighted by atomic mass is 10.2. The number of nitrogens with zero attached hydrogens (tertiary/aromatic N) is 1. The Bertz CT molecular complexity index is 725. The molecule has 0 aliphatic heterocycles. The fourth-order valence-corrected chi connectivity index (χ4v) is 1.76. The number of esters is 1. The maximum Gasteiger partial charge on any atom is 0.534 e. The second-order valence-corrected chi connectivity index (χ2v) is 5.44. The highest BCUT2D eigenvalue weighted by molar-refractivity contribution is 7.87. The number of alkyl halides is 3. The lowest BCUT2D eigenvalue weighted by Gasteiger charge is -2.11. The smallest absolute Gasteiger partial charge is 0.466 e. The van der Waals surface area contributed by atoms with Crippen molar-refractivity contribution in [1.29, 1.82) is 0 Å². The van der Waals surface area contributed by atoms with E-state index in [4.69, 9.17) is 0 Å². The molecule has 1 aromatic rings. The molecule has 0 amide bonds. The van der Waals surface area contributed by atoms with Crippen LogP contribution in [0.2, 0.25) is 0 Å².